The van der Waals surface area contributed by atoms with Gasteiger partial charge in [0.05, 0.1) is 5.60 Å². The predicted octanol–water partition coefficient (Wildman–Crippen LogP) is 3.10. The molecule has 0 aromatic rings. The van der Waals surface area contributed by atoms with Gasteiger partial charge in [-0.1, -0.05) is 6.08 Å². The van der Waals surface area contributed by atoms with E-state index in [-0.39, 0.29) is 6.09 Å². The number of likely N-dealkylation sites (tertiary alicyclic amines) is 1. The highest BCUT2D eigenvalue weighted by Gasteiger charge is 2.45. The maximum Gasteiger partial charge on any atom is 0.410 e. The third kappa shape index (κ3) is 4.23. The molecule has 4 heteroatoms. The molecule has 0 radical (unpaired) electrons. The lowest BCUT2D eigenvalue weighted by Gasteiger charge is -2.49. The first-order valence-corrected chi connectivity index (χ1v) is 6.83. The summed E-state index contributed by atoms with van der Waals surface area (Å²) in [5, 5.41) is 10.5. The molecule has 0 bridgehead atoms. The fourth-order valence-electron chi connectivity index (χ4n) is 2.71. The summed E-state index contributed by atoms with van der Waals surface area (Å²) in [6.07, 6.45) is 3.07. The van der Waals surface area contributed by atoms with Crippen molar-refractivity contribution in [1.29, 1.82) is 0 Å². The molecule has 1 aliphatic heterocycles. The van der Waals surface area contributed by atoms with E-state index in [9.17, 15) is 9.90 Å². The minimum atomic E-state index is -0.760. The van der Waals surface area contributed by atoms with Gasteiger partial charge in [0, 0.05) is 12.1 Å². The Bertz CT molecular complexity index is 357. The zero-order chi connectivity index (χ0) is 14.9. The summed E-state index contributed by atoms with van der Waals surface area (Å²) in [5.41, 5.74) is -1.68. The highest BCUT2D eigenvalue weighted by Crippen LogP contribution is 2.37. The molecule has 1 heterocycles. The van der Waals surface area contributed by atoms with Gasteiger partial charge in [-0.2, -0.15) is 0 Å². The molecule has 1 aliphatic rings. The van der Waals surface area contributed by atoms with E-state index in [1.165, 1.54) is 0 Å². The summed E-state index contributed by atoms with van der Waals surface area (Å²) >= 11 is 0. The van der Waals surface area contributed by atoms with Crippen LogP contribution in [0.2, 0.25) is 0 Å². The van der Waals surface area contributed by atoms with Crippen molar-refractivity contribution in [3.8, 4) is 0 Å². The zero-order valence-electron chi connectivity index (χ0n) is 12.8. The molecule has 0 saturated carbocycles. The Labute approximate surface area is 116 Å². The molecule has 1 rings (SSSR count). The minimum absolute atomic E-state index is 0.307. The summed E-state index contributed by atoms with van der Waals surface area (Å²) in [5.74, 6) is 0. The third-order valence-electron chi connectivity index (χ3n) is 3.43. The van der Waals surface area contributed by atoms with E-state index >= 15 is 0 Å². The molecule has 1 fully saturated rings. The van der Waals surface area contributed by atoms with Crippen LogP contribution in [0.1, 0.15) is 53.9 Å². The SMILES string of the molecule is C=CCC1(O)CCN(C(=O)OC(C)(C)C)C(C)(C)C1. The van der Waals surface area contributed by atoms with Gasteiger partial charge < -0.3 is 14.7 Å². The van der Waals surface area contributed by atoms with Crippen LogP contribution in [0.5, 0.6) is 0 Å². The molecule has 0 aromatic heterocycles. The van der Waals surface area contributed by atoms with Crippen molar-refractivity contribution in [2.24, 2.45) is 0 Å². The van der Waals surface area contributed by atoms with Crippen LogP contribution in [-0.4, -0.2) is 39.4 Å². The van der Waals surface area contributed by atoms with E-state index < -0.39 is 16.7 Å². The Morgan fingerprint density at radius 3 is 2.47 bits per heavy atom. The Balaban J connectivity index is 2.79. The van der Waals surface area contributed by atoms with Gasteiger partial charge in [0.1, 0.15) is 5.60 Å². The Kier molecular flexibility index (Phi) is 4.35. The van der Waals surface area contributed by atoms with Crippen LogP contribution in [0.25, 0.3) is 0 Å². The van der Waals surface area contributed by atoms with Crippen molar-refractivity contribution >= 4 is 6.09 Å². The Hall–Kier alpha value is -1.03. The molecule has 1 N–H and O–H groups in total. The number of hydrogen-bond acceptors (Lipinski definition) is 3. The van der Waals surface area contributed by atoms with Gasteiger partial charge in [-0.25, -0.2) is 4.79 Å². The number of carbonyl (C=O) groups is 1. The first kappa shape index (κ1) is 16.0. The first-order valence-electron chi connectivity index (χ1n) is 6.83. The number of amides is 1. The fraction of sp³-hybridized carbons (Fsp3) is 0.800. The normalized spacial score (nSPS) is 26.9. The van der Waals surface area contributed by atoms with Crippen LogP contribution in [0.15, 0.2) is 12.7 Å². The molecular formula is C15H27NO3. The number of hydrogen-bond donors (Lipinski definition) is 1. The highest BCUT2D eigenvalue weighted by molar-refractivity contribution is 5.69. The summed E-state index contributed by atoms with van der Waals surface area (Å²) in [6.45, 7) is 13.7. The van der Waals surface area contributed by atoms with Crippen molar-refractivity contribution in [1.82, 2.24) is 4.90 Å². The second-order valence-electron chi connectivity index (χ2n) is 7.09. The molecule has 0 spiro atoms. The number of piperidine rings is 1. The number of ether oxygens (including phenoxy) is 1. The second-order valence-corrected chi connectivity index (χ2v) is 7.09. The lowest BCUT2D eigenvalue weighted by Crippen LogP contribution is -2.58. The summed E-state index contributed by atoms with van der Waals surface area (Å²) in [7, 11) is 0. The topological polar surface area (TPSA) is 49.8 Å². The van der Waals surface area contributed by atoms with E-state index in [0.717, 1.165) is 0 Å². The lowest BCUT2D eigenvalue weighted by atomic mass is 9.78. The highest BCUT2D eigenvalue weighted by atomic mass is 16.6. The van der Waals surface area contributed by atoms with E-state index in [1.54, 1.807) is 11.0 Å². The molecular weight excluding hydrogens is 242 g/mol. The maximum absolute atomic E-state index is 12.2. The summed E-state index contributed by atoms with van der Waals surface area (Å²) in [4.78, 5) is 13.9. The van der Waals surface area contributed by atoms with Crippen molar-refractivity contribution in [3.05, 3.63) is 12.7 Å². The van der Waals surface area contributed by atoms with Gasteiger partial charge in [-0.05, 0) is 53.9 Å². The molecule has 1 amide bonds. The van der Waals surface area contributed by atoms with Gasteiger partial charge in [0.2, 0.25) is 0 Å². The summed E-state index contributed by atoms with van der Waals surface area (Å²) in [6, 6.07) is 0. The largest absolute Gasteiger partial charge is 0.444 e. The van der Waals surface area contributed by atoms with Crippen molar-refractivity contribution in [2.45, 2.75) is 70.6 Å². The molecule has 0 aliphatic carbocycles. The molecule has 19 heavy (non-hydrogen) atoms. The van der Waals surface area contributed by atoms with Crippen LogP contribution < -0.4 is 0 Å². The molecule has 1 saturated heterocycles. The average molecular weight is 269 g/mol. The van der Waals surface area contributed by atoms with Gasteiger partial charge in [0.25, 0.3) is 0 Å². The number of carbonyl (C=O) groups excluding carboxylic acids is 1. The predicted molar refractivity (Wildman–Crippen MR) is 76.0 cm³/mol. The molecule has 0 aromatic carbocycles. The van der Waals surface area contributed by atoms with Crippen LogP contribution in [0, 0.1) is 0 Å². The van der Waals surface area contributed by atoms with Crippen molar-refractivity contribution in [3.63, 3.8) is 0 Å². The molecule has 1 unspecified atom stereocenters. The van der Waals surface area contributed by atoms with Crippen LogP contribution in [0.3, 0.4) is 0 Å². The first-order chi connectivity index (χ1) is 8.49. The van der Waals surface area contributed by atoms with Gasteiger partial charge in [0.15, 0.2) is 0 Å². The van der Waals surface area contributed by atoms with E-state index in [2.05, 4.69) is 6.58 Å². The average Bonchev–Trinajstić information content (AvgIpc) is 2.11. The van der Waals surface area contributed by atoms with Gasteiger partial charge >= 0.3 is 6.09 Å². The van der Waals surface area contributed by atoms with E-state index in [4.69, 9.17) is 4.74 Å². The van der Waals surface area contributed by atoms with Gasteiger partial charge in [-0.15, -0.1) is 6.58 Å². The van der Waals surface area contributed by atoms with Crippen molar-refractivity contribution < 1.29 is 14.6 Å². The van der Waals surface area contributed by atoms with Crippen LogP contribution in [-0.2, 0) is 4.74 Å². The number of rotatable bonds is 2. The maximum atomic E-state index is 12.2. The molecule has 1 atom stereocenters. The van der Waals surface area contributed by atoms with E-state index in [1.807, 2.05) is 34.6 Å². The van der Waals surface area contributed by atoms with Crippen molar-refractivity contribution in [2.75, 3.05) is 6.54 Å². The quantitative estimate of drug-likeness (QED) is 0.784. The monoisotopic (exact) mass is 269 g/mol. The van der Waals surface area contributed by atoms with Crippen LogP contribution in [0.4, 0.5) is 4.79 Å². The summed E-state index contributed by atoms with van der Waals surface area (Å²) < 4.78 is 5.43. The molecule has 110 valence electrons. The molecule has 4 nitrogen and oxygen atoms in total. The number of nitrogens with zero attached hydrogens (tertiary/aromatic N) is 1. The number of aliphatic hydroxyl groups is 1. The Morgan fingerprint density at radius 2 is 2.05 bits per heavy atom. The third-order valence-corrected chi connectivity index (χ3v) is 3.43. The minimum Gasteiger partial charge on any atom is -0.444 e. The lowest BCUT2D eigenvalue weighted by molar-refractivity contribution is -0.0771. The standard InChI is InChI=1S/C15H27NO3/c1-7-8-15(18)9-10-16(14(5,6)11-15)12(17)19-13(2,3)4/h7,18H,1,8-11H2,2-6H3. The fourth-order valence-corrected chi connectivity index (χ4v) is 2.71. The smallest absolute Gasteiger partial charge is 0.410 e. The Morgan fingerprint density at radius 1 is 1.47 bits per heavy atom. The van der Waals surface area contributed by atoms with Gasteiger partial charge in [-0.3, -0.25) is 0 Å². The second kappa shape index (κ2) is 5.16. The van der Waals surface area contributed by atoms with Crippen LogP contribution >= 0.6 is 0 Å². The van der Waals surface area contributed by atoms with E-state index in [0.29, 0.717) is 25.8 Å². The zero-order valence-corrected chi connectivity index (χ0v) is 12.8.